The van der Waals surface area contributed by atoms with Crippen molar-refractivity contribution < 1.29 is 4.52 Å². The lowest BCUT2D eigenvalue weighted by Crippen LogP contribution is -2.30. The van der Waals surface area contributed by atoms with E-state index in [2.05, 4.69) is 29.9 Å². The lowest BCUT2D eigenvalue weighted by atomic mass is 10.3. The fraction of sp³-hybridized carbons (Fsp3) is 0.600. The van der Waals surface area contributed by atoms with Crippen LogP contribution < -0.4 is 0 Å². The molecular weight excluding hydrogens is 280 g/mol. The maximum Gasteiger partial charge on any atom is 0.223 e. The van der Waals surface area contributed by atoms with Crippen LogP contribution in [0, 0.1) is 13.8 Å². The molecule has 2 aromatic rings. The predicted molar refractivity (Wildman–Crippen MR) is 81.0 cm³/mol. The highest BCUT2D eigenvalue weighted by molar-refractivity contribution is 5.00. The van der Waals surface area contributed by atoms with Crippen molar-refractivity contribution in [2.75, 3.05) is 26.2 Å². The number of hydrogen-bond donors (Lipinski definition) is 0. The minimum atomic E-state index is 0.629. The molecule has 118 valence electrons. The van der Waals surface area contributed by atoms with Gasteiger partial charge in [-0.15, -0.1) is 0 Å². The van der Waals surface area contributed by atoms with Crippen molar-refractivity contribution in [3.63, 3.8) is 0 Å². The molecule has 0 bridgehead atoms. The average molecular weight is 302 g/mol. The number of rotatable bonds is 4. The molecule has 0 aromatic carbocycles. The maximum atomic E-state index is 5.03. The number of hydrogen-bond acceptors (Lipinski definition) is 7. The van der Waals surface area contributed by atoms with Crippen LogP contribution in [0.5, 0.6) is 0 Å². The van der Waals surface area contributed by atoms with Gasteiger partial charge in [0.15, 0.2) is 5.82 Å². The van der Waals surface area contributed by atoms with Crippen molar-refractivity contribution >= 4 is 0 Å². The molecule has 3 rings (SSSR count). The lowest BCUT2D eigenvalue weighted by Gasteiger charge is -2.20. The third-order valence-corrected chi connectivity index (χ3v) is 3.84. The van der Waals surface area contributed by atoms with Gasteiger partial charge in [0.1, 0.15) is 0 Å². The molecule has 0 atom stereocenters. The topological polar surface area (TPSA) is 71.2 Å². The molecule has 3 heterocycles. The largest absolute Gasteiger partial charge is 0.340 e. The molecule has 0 aliphatic carbocycles. The molecule has 7 heteroatoms. The fourth-order valence-corrected chi connectivity index (χ4v) is 2.68. The average Bonchev–Trinajstić information content (AvgIpc) is 2.78. The Kier molecular flexibility index (Phi) is 4.74. The molecule has 7 nitrogen and oxygen atoms in total. The Morgan fingerprint density at radius 3 is 2.41 bits per heavy atom. The zero-order valence-electron chi connectivity index (χ0n) is 13.2. The summed E-state index contributed by atoms with van der Waals surface area (Å²) in [6.45, 7) is 9.57. The monoisotopic (exact) mass is 302 g/mol. The minimum absolute atomic E-state index is 0.629. The van der Waals surface area contributed by atoms with Crippen LogP contribution in [-0.2, 0) is 13.1 Å². The van der Waals surface area contributed by atoms with E-state index in [1.54, 1.807) is 0 Å². The van der Waals surface area contributed by atoms with Crippen molar-refractivity contribution in [3.05, 3.63) is 35.5 Å². The standard InChI is InChI=1S/C15H22N6O/c1-12-8-17-14(9-16-12)10-20-4-3-5-21(7-6-20)11-15-18-13(2)22-19-15/h8-9H,3-7,10-11H2,1-2H3. The van der Waals surface area contributed by atoms with E-state index in [0.29, 0.717) is 5.89 Å². The van der Waals surface area contributed by atoms with Gasteiger partial charge in [-0.25, -0.2) is 0 Å². The van der Waals surface area contributed by atoms with E-state index in [1.807, 2.05) is 26.2 Å². The van der Waals surface area contributed by atoms with Crippen molar-refractivity contribution in [1.29, 1.82) is 0 Å². The molecule has 0 N–H and O–H groups in total. The summed E-state index contributed by atoms with van der Waals surface area (Å²) in [5.41, 5.74) is 1.99. The van der Waals surface area contributed by atoms with Crippen LogP contribution >= 0.6 is 0 Å². The van der Waals surface area contributed by atoms with E-state index in [-0.39, 0.29) is 0 Å². The first-order valence-corrected chi connectivity index (χ1v) is 7.70. The van der Waals surface area contributed by atoms with Gasteiger partial charge in [-0.1, -0.05) is 5.16 Å². The summed E-state index contributed by atoms with van der Waals surface area (Å²) in [6, 6.07) is 0. The molecule has 2 aromatic heterocycles. The van der Waals surface area contributed by atoms with E-state index < -0.39 is 0 Å². The summed E-state index contributed by atoms with van der Waals surface area (Å²) in [5, 5.41) is 3.98. The van der Waals surface area contributed by atoms with Gasteiger partial charge in [0.05, 0.1) is 17.9 Å². The summed E-state index contributed by atoms with van der Waals surface area (Å²) in [4.78, 5) is 17.8. The van der Waals surface area contributed by atoms with Crippen molar-refractivity contribution in [1.82, 2.24) is 29.9 Å². The number of nitrogens with zero attached hydrogens (tertiary/aromatic N) is 6. The van der Waals surface area contributed by atoms with Gasteiger partial charge >= 0.3 is 0 Å². The summed E-state index contributed by atoms with van der Waals surface area (Å²) < 4.78 is 5.03. The molecule has 22 heavy (non-hydrogen) atoms. The molecule has 1 saturated heterocycles. The van der Waals surface area contributed by atoms with Crippen LogP contribution in [-0.4, -0.2) is 56.1 Å². The number of aryl methyl sites for hydroxylation is 2. The molecule has 1 aliphatic rings. The Balaban J connectivity index is 1.52. The predicted octanol–water partition coefficient (Wildman–Crippen LogP) is 1.18. The Hall–Kier alpha value is -1.86. The van der Waals surface area contributed by atoms with Crippen LogP contribution in [0.15, 0.2) is 16.9 Å². The Labute approximate surface area is 130 Å². The third-order valence-electron chi connectivity index (χ3n) is 3.84. The van der Waals surface area contributed by atoms with Gasteiger partial charge in [-0.05, 0) is 26.4 Å². The molecule has 0 amide bonds. The van der Waals surface area contributed by atoms with Gasteiger partial charge in [0, 0.05) is 39.0 Å². The van der Waals surface area contributed by atoms with Gasteiger partial charge in [0.2, 0.25) is 5.89 Å². The van der Waals surface area contributed by atoms with Gasteiger partial charge in [-0.2, -0.15) is 4.98 Å². The van der Waals surface area contributed by atoms with Gasteiger partial charge in [-0.3, -0.25) is 19.8 Å². The van der Waals surface area contributed by atoms with Gasteiger partial charge in [0.25, 0.3) is 0 Å². The molecular formula is C15H22N6O. The quantitative estimate of drug-likeness (QED) is 0.840. The molecule has 0 radical (unpaired) electrons. The second-order valence-electron chi connectivity index (χ2n) is 5.78. The van der Waals surface area contributed by atoms with E-state index >= 15 is 0 Å². The first kappa shape index (κ1) is 15.1. The highest BCUT2D eigenvalue weighted by Crippen LogP contribution is 2.09. The third kappa shape index (κ3) is 4.08. The Morgan fingerprint density at radius 1 is 1.00 bits per heavy atom. The molecule has 0 unspecified atom stereocenters. The van der Waals surface area contributed by atoms with Crippen LogP contribution in [0.4, 0.5) is 0 Å². The van der Waals surface area contributed by atoms with Crippen molar-refractivity contribution in [3.8, 4) is 0 Å². The van der Waals surface area contributed by atoms with E-state index in [4.69, 9.17) is 4.52 Å². The zero-order valence-corrected chi connectivity index (χ0v) is 13.2. The van der Waals surface area contributed by atoms with E-state index in [1.165, 1.54) is 0 Å². The van der Waals surface area contributed by atoms with E-state index in [0.717, 1.165) is 62.9 Å². The van der Waals surface area contributed by atoms with Gasteiger partial charge < -0.3 is 4.52 Å². The molecule has 1 aliphatic heterocycles. The highest BCUT2D eigenvalue weighted by atomic mass is 16.5. The number of aromatic nitrogens is 4. The molecule has 0 spiro atoms. The first-order valence-electron chi connectivity index (χ1n) is 7.70. The summed E-state index contributed by atoms with van der Waals surface area (Å²) >= 11 is 0. The van der Waals surface area contributed by atoms with Crippen LogP contribution in [0.1, 0.15) is 29.5 Å². The first-order chi connectivity index (χ1) is 10.7. The SMILES string of the molecule is Cc1cnc(CN2CCCN(Cc3noc(C)n3)CC2)cn1. The summed E-state index contributed by atoms with van der Waals surface area (Å²) in [7, 11) is 0. The second-order valence-corrected chi connectivity index (χ2v) is 5.78. The zero-order chi connectivity index (χ0) is 15.4. The van der Waals surface area contributed by atoms with Crippen molar-refractivity contribution in [2.24, 2.45) is 0 Å². The summed E-state index contributed by atoms with van der Waals surface area (Å²) in [5.74, 6) is 1.40. The lowest BCUT2D eigenvalue weighted by molar-refractivity contribution is 0.239. The molecule has 1 fully saturated rings. The van der Waals surface area contributed by atoms with Crippen LogP contribution in [0.2, 0.25) is 0 Å². The smallest absolute Gasteiger partial charge is 0.223 e. The molecule has 0 saturated carbocycles. The van der Waals surface area contributed by atoms with Crippen LogP contribution in [0.3, 0.4) is 0 Å². The summed E-state index contributed by atoms with van der Waals surface area (Å²) in [6.07, 6.45) is 4.84. The van der Waals surface area contributed by atoms with Crippen LogP contribution in [0.25, 0.3) is 0 Å². The maximum absolute atomic E-state index is 5.03. The van der Waals surface area contributed by atoms with E-state index in [9.17, 15) is 0 Å². The minimum Gasteiger partial charge on any atom is -0.340 e. The second kappa shape index (κ2) is 6.93. The van der Waals surface area contributed by atoms with Crippen molar-refractivity contribution in [2.45, 2.75) is 33.4 Å². The fourth-order valence-electron chi connectivity index (χ4n) is 2.68. The normalized spacial score (nSPS) is 17.5. The Bertz CT molecular complexity index is 596. The Morgan fingerprint density at radius 2 is 1.77 bits per heavy atom. The highest BCUT2D eigenvalue weighted by Gasteiger charge is 2.17.